The lowest BCUT2D eigenvalue weighted by Crippen LogP contribution is -2.44. The second-order valence-electron chi connectivity index (χ2n) is 18.5. The molecular formula is C51H56O3S2. The molecule has 5 aromatic rings. The summed E-state index contributed by atoms with van der Waals surface area (Å²) in [5, 5.41) is 3.19. The molecule has 0 bridgehead atoms. The molecule has 0 saturated heterocycles. The van der Waals surface area contributed by atoms with Crippen LogP contribution in [0.15, 0.2) is 94.7 Å². The Labute approximate surface area is 343 Å². The van der Waals surface area contributed by atoms with Gasteiger partial charge in [-0.1, -0.05) is 101 Å². The van der Waals surface area contributed by atoms with E-state index in [9.17, 15) is 0 Å². The maximum Gasteiger partial charge on any atom is 0.178 e. The van der Waals surface area contributed by atoms with E-state index in [-0.39, 0.29) is 16.2 Å². The molecule has 0 aromatic heterocycles. The summed E-state index contributed by atoms with van der Waals surface area (Å²) in [6.07, 6.45) is 17.1. The van der Waals surface area contributed by atoms with Crippen molar-refractivity contribution in [3.8, 4) is 28.4 Å². The first kappa shape index (κ1) is 37.8. The van der Waals surface area contributed by atoms with Crippen molar-refractivity contribution in [1.29, 1.82) is 0 Å². The fraction of sp³-hybridized carbons (Fsp3) is 0.412. The maximum atomic E-state index is 7.84. The van der Waals surface area contributed by atoms with Gasteiger partial charge in [-0.3, -0.25) is 0 Å². The molecule has 5 heteroatoms. The highest BCUT2D eigenvalue weighted by atomic mass is 32.2. The predicted molar refractivity (Wildman–Crippen MR) is 237 cm³/mol. The van der Waals surface area contributed by atoms with Gasteiger partial charge in [0.25, 0.3) is 0 Å². The second kappa shape index (κ2) is 13.9. The third-order valence-corrected chi connectivity index (χ3v) is 15.5. The van der Waals surface area contributed by atoms with Crippen molar-refractivity contribution < 1.29 is 14.2 Å². The molecule has 3 aliphatic carbocycles. The zero-order valence-corrected chi connectivity index (χ0v) is 36.1. The first-order valence-corrected chi connectivity index (χ1v) is 22.7. The number of aryl methyl sites for hydroxylation is 1. The molecule has 9 rings (SSSR count). The third kappa shape index (κ3) is 6.18. The van der Waals surface area contributed by atoms with Gasteiger partial charge in [-0.2, -0.15) is 0 Å². The molecule has 2 saturated carbocycles. The van der Waals surface area contributed by atoms with Crippen molar-refractivity contribution >= 4 is 40.4 Å². The van der Waals surface area contributed by atoms with Crippen LogP contribution in [0.25, 0.3) is 28.0 Å². The highest BCUT2D eigenvalue weighted by molar-refractivity contribution is 8.02. The minimum absolute atomic E-state index is 0.150. The molecule has 0 atom stereocenters. The number of thioether (sulfide) groups is 2. The Morgan fingerprint density at radius 3 is 1.89 bits per heavy atom. The van der Waals surface area contributed by atoms with E-state index in [1.54, 1.807) is 14.2 Å². The van der Waals surface area contributed by atoms with E-state index in [1.165, 1.54) is 92.5 Å². The van der Waals surface area contributed by atoms with Crippen molar-refractivity contribution in [3.63, 3.8) is 0 Å². The van der Waals surface area contributed by atoms with Gasteiger partial charge in [0.05, 0.1) is 14.2 Å². The lowest BCUT2D eigenvalue weighted by Gasteiger charge is -2.52. The molecule has 1 aliphatic heterocycles. The number of ether oxygens (including phenoxy) is 3. The van der Waals surface area contributed by atoms with Crippen LogP contribution in [0.2, 0.25) is 0 Å². The summed E-state index contributed by atoms with van der Waals surface area (Å²) in [6, 6.07) is 29.2. The van der Waals surface area contributed by atoms with Crippen LogP contribution in [-0.4, -0.2) is 25.7 Å². The van der Waals surface area contributed by atoms with Crippen molar-refractivity contribution in [1.82, 2.24) is 0 Å². The molecule has 56 heavy (non-hydrogen) atoms. The molecule has 0 N–H and O–H groups in total. The van der Waals surface area contributed by atoms with E-state index in [0.29, 0.717) is 5.25 Å². The quantitative estimate of drug-likeness (QED) is 0.153. The first-order valence-electron chi connectivity index (χ1n) is 20.6. The zero-order valence-electron chi connectivity index (χ0n) is 34.4. The number of benzene rings is 5. The van der Waals surface area contributed by atoms with Crippen LogP contribution in [0.4, 0.5) is 0 Å². The highest BCUT2D eigenvalue weighted by Crippen LogP contribution is 2.67. The van der Waals surface area contributed by atoms with E-state index in [4.69, 9.17) is 14.2 Å². The smallest absolute Gasteiger partial charge is 0.178 e. The Morgan fingerprint density at radius 2 is 1.30 bits per heavy atom. The summed E-state index contributed by atoms with van der Waals surface area (Å²) < 4.78 is 19.1. The number of fused-ring (bicyclic) bond motifs is 10. The standard InChI is InChI=1S/C51H56O3S2/c1-32-14-23-38-42(26-32)50(30-48(2,3)29-49(4,5)31-50)46-39-24-25-51(33-15-19-35(52-6)20-16-33,34-17-21-36(53-7)22-18-34)54-47(39)41-28-43(55-8)44(27-40(41)45(38)46)56-37-12-10-9-11-13-37/h14-28,37H,9-13,29-31H2,1-8H3. The average Bonchev–Trinajstić information content (AvgIpc) is 3.44. The second-order valence-corrected chi connectivity index (χ2v) is 20.7. The van der Waals surface area contributed by atoms with Crippen LogP contribution in [0, 0.1) is 17.8 Å². The molecule has 5 aromatic carbocycles. The minimum atomic E-state index is -0.873. The lowest BCUT2D eigenvalue weighted by molar-refractivity contribution is 0.0641. The van der Waals surface area contributed by atoms with Gasteiger partial charge < -0.3 is 14.2 Å². The fourth-order valence-electron chi connectivity index (χ4n) is 11.6. The van der Waals surface area contributed by atoms with Crippen LogP contribution in [0.3, 0.4) is 0 Å². The number of hydrogen-bond acceptors (Lipinski definition) is 5. The van der Waals surface area contributed by atoms with E-state index >= 15 is 0 Å². The van der Waals surface area contributed by atoms with E-state index in [0.717, 1.165) is 41.2 Å². The topological polar surface area (TPSA) is 27.7 Å². The summed E-state index contributed by atoms with van der Waals surface area (Å²) in [5.74, 6) is 2.64. The van der Waals surface area contributed by atoms with E-state index < -0.39 is 5.60 Å². The molecular weight excluding hydrogens is 725 g/mol. The van der Waals surface area contributed by atoms with Gasteiger partial charge in [0.2, 0.25) is 0 Å². The summed E-state index contributed by atoms with van der Waals surface area (Å²) in [6.45, 7) is 12.3. The number of methoxy groups -OCH3 is 2. The summed E-state index contributed by atoms with van der Waals surface area (Å²) in [4.78, 5) is 2.76. The van der Waals surface area contributed by atoms with Crippen LogP contribution in [0.5, 0.6) is 17.2 Å². The lowest BCUT2D eigenvalue weighted by atomic mass is 9.52. The third-order valence-electron chi connectivity index (χ3n) is 13.2. The van der Waals surface area contributed by atoms with E-state index in [1.807, 2.05) is 11.8 Å². The zero-order chi connectivity index (χ0) is 39.0. The molecule has 0 amide bonds. The molecule has 1 heterocycles. The molecule has 2 fully saturated rings. The molecule has 4 aliphatic rings. The summed E-state index contributed by atoms with van der Waals surface area (Å²) in [5.41, 5.74) is 9.80. The van der Waals surface area contributed by atoms with Gasteiger partial charge in [0, 0.05) is 42.5 Å². The van der Waals surface area contributed by atoms with Crippen molar-refractivity contribution in [2.45, 2.75) is 112 Å². The Balaban J connectivity index is 1.37. The Kier molecular flexibility index (Phi) is 9.40. The monoisotopic (exact) mass is 780 g/mol. The summed E-state index contributed by atoms with van der Waals surface area (Å²) in [7, 11) is 3.45. The SMILES string of the molecule is COc1ccc(C2(c3ccc(OC)cc3)C=Cc3c4c(c5cc(SC6CCCCC6)c(SC)cc5c3O2)-c2ccc(C)cc2C42CC(C)(C)CC(C)(C)C2)cc1. The van der Waals surface area contributed by atoms with Gasteiger partial charge in [0.15, 0.2) is 5.60 Å². The van der Waals surface area contributed by atoms with Gasteiger partial charge in [-0.15, -0.1) is 23.5 Å². The maximum absolute atomic E-state index is 7.84. The Bertz CT molecular complexity index is 2280. The van der Waals surface area contributed by atoms with Crippen molar-refractivity contribution in [2.75, 3.05) is 20.5 Å². The molecule has 0 unspecified atom stereocenters. The van der Waals surface area contributed by atoms with Crippen LogP contribution in [0.1, 0.15) is 112 Å². The van der Waals surface area contributed by atoms with E-state index in [2.05, 4.69) is 144 Å². The van der Waals surface area contributed by atoms with Crippen molar-refractivity contribution in [3.05, 3.63) is 118 Å². The Morgan fingerprint density at radius 1 is 0.696 bits per heavy atom. The normalized spacial score (nSPS) is 19.9. The molecule has 1 spiro atoms. The summed E-state index contributed by atoms with van der Waals surface area (Å²) >= 11 is 3.99. The van der Waals surface area contributed by atoms with Crippen LogP contribution in [-0.2, 0) is 11.0 Å². The molecule has 290 valence electrons. The van der Waals surface area contributed by atoms with Crippen LogP contribution < -0.4 is 14.2 Å². The average molecular weight is 781 g/mol. The Hall–Kier alpha value is -3.80. The van der Waals surface area contributed by atoms with Gasteiger partial charge in [-0.05, 0) is 126 Å². The molecule has 3 nitrogen and oxygen atoms in total. The number of hydrogen-bond donors (Lipinski definition) is 0. The van der Waals surface area contributed by atoms with Gasteiger partial charge >= 0.3 is 0 Å². The first-order chi connectivity index (χ1) is 26.9. The highest BCUT2D eigenvalue weighted by Gasteiger charge is 2.55. The van der Waals surface area contributed by atoms with Gasteiger partial charge in [0.1, 0.15) is 17.2 Å². The minimum Gasteiger partial charge on any atom is -0.497 e. The largest absolute Gasteiger partial charge is 0.497 e. The predicted octanol–water partition coefficient (Wildman–Crippen LogP) is 14.2. The van der Waals surface area contributed by atoms with Crippen molar-refractivity contribution in [2.24, 2.45) is 10.8 Å². The molecule has 0 radical (unpaired) electrons. The fourth-order valence-corrected chi connectivity index (χ4v) is 13.8. The van der Waals surface area contributed by atoms with Gasteiger partial charge in [-0.25, -0.2) is 0 Å². The number of rotatable bonds is 7. The van der Waals surface area contributed by atoms with Crippen LogP contribution >= 0.6 is 23.5 Å².